The molecule has 0 amide bonds. The van der Waals surface area contributed by atoms with E-state index in [2.05, 4.69) is 18.2 Å². The Morgan fingerprint density at radius 2 is 2.05 bits per heavy atom. The van der Waals surface area contributed by atoms with Crippen molar-refractivity contribution in [2.75, 3.05) is 0 Å². The monoisotopic (exact) mass is 298 g/mol. The third kappa shape index (κ3) is 3.03. The van der Waals surface area contributed by atoms with Gasteiger partial charge in [-0.3, -0.25) is 4.79 Å². The van der Waals surface area contributed by atoms with E-state index in [0.717, 1.165) is 30.4 Å². The Morgan fingerprint density at radius 1 is 1.24 bits per heavy atom. The molecule has 1 aliphatic carbocycles. The number of hydrogen-bond donors (Lipinski definition) is 0. The summed E-state index contributed by atoms with van der Waals surface area (Å²) in [5, 5.41) is 0.701. The number of hydrogen-bond acceptors (Lipinski definition) is 1. The van der Waals surface area contributed by atoms with Gasteiger partial charge in [0.05, 0.1) is 0 Å². The molecule has 3 rings (SSSR count). The number of fused-ring (bicyclic) bond motifs is 1. The molecule has 0 saturated heterocycles. The standard InChI is InChI=1S/C19H19ClO/c1-13-9-10-15(18(20)11-13)12-19(21)17-8-4-6-14-5-2-3-7-16(14)17/h2-3,5,7,9-11,17H,4,6,8,12H2,1H3. The van der Waals surface area contributed by atoms with E-state index in [9.17, 15) is 4.79 Å². The van der Waals surface area contributed by atoms with Gasteiger partial charge in [-0.05, 0) is 54.5 Å². The van der Waals surface area contributed by atoms with E-state index < -0.39 is 0 Å². The molecular weight excluding hydrogens is 280 g/mol. The predicted molar refractivity (Wildman–Crippen MR) is 87.0 cm³/mol. The minimum atomic E-state index is 0.0346. The normalized spacial score (nSPS) is 17.3. The van der Waals surface area contributed by atoms with Crippen molar-refractivity contribution in [3.63, 3.8) is 0 Å². The first kappa shape index (κ1) is 14.3. The molecule has 1 nitrogen and oxygen atoms in total. The van der Waals surface area contributed by atoms with Crippen molar-refractivity contribution >= 4 is 17.4 Å². The molecule has 2 aromatic carbocycles. The largest absolute Gasteiger partial charge is 0.299 e. The molecule has 0 N–H and O–H groups in total. The van der Waals surface area contributed by atoms with Gasteiger partial charge < -0.3 is 0 Å². The number of carbonyl (C=O) groups excluding carboxylic acids is 1. The first-order valence-electron chi connectivity index (χ1n) is 7.50. The second kappa shape index (κ2) is 6.03. The van der Waals surface area contributed by atoms with Crippen LogP contribution < -0.4 is 0 Å². The number of halogens is 1. The third-order valence-electron chi connectivity index (χ3n) is 4.33. The number of carbonyl (C=O) groups is 1. The van der Waals surface area contributed by atoms with E-state index in [1.54, 1.807) is 0 Å². The maximum absolute atomic E-state index is 12.7. The van der Waals surface area contributed by atoms with Crippen LogP contribution in [0.15, 0.2) is 42.5 Å². The minimum Gasteiger partial charge on any atom is -0.299 e. The molecule has 1 atom stereocenters. The van der Waals surface area contributed by atoms with Crippen molar-refractivity contribution in [2.24, 2.45) is 0 Å². The summed E-state index contributed by atoms with van der Waals surface area (Å²) < 4.78 is 0. The van der Waals surface area contributed by atoms with Gasteiger partial charge in [0.15, 0.2) is 0 Å². The van der Waals surface area contributed by atoms with Crippen LogP contribution in [0.25, 0.3) is 0 Å². The van der Waals surface area contributed by atoms with Crippen LogP contribution in [0.5, 0.6) is 0 Å². The summed E-state index contributed by atoms with van der Waals surface area (Å²) in [5.74, 6) is 0.320. The zero-order valence-electron chi connectivity index (χ0n) is 12.2. The fourth-order valence-corrected chi connectivity index (χ4v) is 3.50. The minimum absolute atomic E-state index is 0.0346. The Morgan fingerprint density at radius 3 is 2.86 bits per heavy atom. The van der Waals surface area contributed by atoms with Gasteiger partial charge in [-0.25, -0.2) is 0 Å². The second-order valence-corrected chi connectivity index (χ2v) is 6.29. The fourth-order valence-electron chi connectivity index (χ4n) is 3.19. The molecule has 1 unspecified atom stereocenters. The van der Waals surface area contributed by atoms with Crippen molar-refractivity contribution in [3.8, 4) is 0 Å². The van der Waals surface area contributed by atoms with Crippen molar-refractivity contribution in [1.29, 1.82) is 0 Å². The molecular formula is C19H19ClO. The Labute approximate surface area is 131 Å². The van der Waals surface area contributed by atoms with Crippen LogP contribution in [0.1, 0.15) is 41.0 Å². The molecule has 0 radical (unpaired) electrons. The topological polar surface area (TPSA) is 17.1 Å². The lowest BCUT2D eigenvalue weighted by molar-refractivity contribution is -0.120. The quantitative estimate of drug-likeness (QED) is 0.789. The van der Waals surface area contributed by atoms with Crippen LogP contribution in [0.3, 0.4) is 0 Å². The number of ketones is 1. The molecule has 0 aromatic heterocycles. The van der Waals surface area contributed by atoms with Crippen LogP contribution in [-0.4, -0.2) is 5.78 Å². The second-order valence-electron chi connectivity index (χ2n) is 5.88. The Kier molecular flexibility index (Phi) is 4.12. The lowest BCUT2D eigenvalue weighted by atomic mass is 9.79. The van der Waals surface area contributed by atoms with E-state index in [1.807, 2.05) is 31.2 Å². The lowest BCUT2D eigenvalue weighted by Crippen LogP contribution is -2.20. The summed E-state index contributed by atoms with van der Waals surface area (Å²) in [5.41, 5.74) is 4.61. The average Bonchev–Trinajstić information content (AvgIpc) is 2.49. The molecule has 0 saturated carbocycles. The van der Waals surface area contributed by atoms with Crippen LogP contribution in [-0.2, 0) is 17.6 Å². The fraction of sp³-hybridized carbons (Fsp3) is 0.316. The van der Waals surface area contributed by atoms with Gasteiger partial charge in [0, 0.05) is 17.4 Å². The molecule has 108 valence electrons. The highest BCUT2D eigenvalue weighted by atomic mass is 35.5. The molecule has 0 aliphatic heterocycles. The van der Waals surface area contributed by atoms with Gasteiger partial charge in [0.25, 0.3) is 0 Å². The Hall–Kier alpha value is -1.60. The van der Waals surface area contributed by atoms with Gasteiger partial charge in [-0.1, -0.05) is 48.0 Å². The highest BCUT2D eigenvalue weighted by Crippen LogP contribution is 2.33. The smallest absolute Gasteiger partial charge is 0.144 e. The summed E-state index contributed by atoms with van der Waals surface area (Å²) in [6.07, 6.45) is 3.57. The summed E-state index contributed by atoms with van der Waals surface area (Å²) in [7, 11) is 0. The van der Waals surface area contributed by atoms with E-state index >= 15 is 0 Å². The molecule has 2 heteroatoms. The van der Waals surface area contributed by atoms with Gasteiger partial charge in [0.2, 0.25) is 0 Å². The number of aryl methyl sites for hydroxylation is 2. The summed E-state index contributed by atoms with van der Waals surface area (Å²) in [6.45, 7) is 2.01. The van der Waals surface area contributed by atoms with Crippen LogP contribution >= 0.6 is 11.6 Å². The zero-order valence-corrected chi connectivity index (χ0v) is 13.0. The maximum Gasteiger partial charge on any atom is 0.144 e. The van der Waals surface area contributed by atoms with Gasteiger partial charge in [-0.2, -0.15) is 0 Å². The van der Waals surface area contributed by atoms with Gasteiger partial charge in [0.1, 0.15) is 5.78 Å². The maximum atomic E-state index is 12.7. The molecule has 0 spiro atoms. The lowest BCUT2D eigenvalue weighted by Gasteiger charge is -2.24. The third-order valence-corrected chi connectivity index (χ3v) is 4.68. The Bertz CT molecular complexity index is 675. The molecule has 1 aliphatic rings. The Balaban J connectivity index is 1.83. The van der Waals surface area contributed by atoms with Crippen LogP contribution in [0, 0.1) is 6.92 Å². The first-order chi connectivity index (χ1) is 10.1. The molecule has 0 heterocycles. The summed E-state index contributed by atoms with van der Waals surface area (Å²) in [4.78, 5) is 12.7. The van der Waals surface area contributed by atoms with E-state index in [4.69, 9.17) is 11.6 Å². The first-order valence-corrected chi connectivity index (χ1v) is 7.88. The zero-order chi connectivity index (χ0) is 14.8. The summed E-state index contributed by atoms with van der Waals surface area (Å²) in [6, 6.07) is 14.3. The molecule has 2 aromatic rings. The number of rotatable bonds is 3. The van der Waals surface area contributed by atoms with E-state index in [0.29, 0.717) is 11.4 Å². The number of benzene rings is 2. The van der Waals surface area contributed by atoms with Gasteiger partial charge in [-0.15, -0.1) is 0 Å². The predicted octanol–water partition coefficient (Wildman–Crippen LogP) is 4.88. The SMILES string of the molecule is Cc1ccc(CC(=O)C2CCCc3ccccc32)c(Cl)c1. The van der Waals surface area contributed by atoms with Crippen molar-refractivity contribution in [3.05, 3.63) is 69.7 Å². The van der Waals surface area contributed by atoms with E-state index in [1.165, 1.54) is 11.1 Å². The molecule has 21 heavy (non-hydrogen) atoms. The highest BCUT2D eigenvalue weighted by Gasteiger charge is 2.26. The van der Waals surface area contributed by atoms with Crippen LogP contribution in [0.4, 0.5) is 0 Å². The number of Topliss-reactive ketones (excluding diaryl/α,β-unsaturated/α-hetero) is 1. The van der Waals surface area contributed by atoms with Crippen LogP contribution in [0.2, 0.25) is 5.02 Å². The average molecular weight is 299 g/mol. The summed E-state index contributed by atoms with van der Waals surface area (Å²) >= 11 is 6.26. The van der Waals surface area contributed by atoms with Crippen molar-refractivity contribution < 1.29 is 4.79 Å². The van der Waals surface area contributed by atoms with Gasteiger partial charge >= 0.3 is 0 Å². The van der Waals surface area contributed by atoms with Crippen molar-refractivity contribution in [2.45, 2.75) is 38.5 Å². The highest BCUT2D eigenvalue weighted by molar-refractivity contribution is 6.31. The molecule has 0 fully saturated rings. The van der Waals surface area contributed by atoms with Crippen molar-refractivity contribution in [1.82, 2.24) is 0 Å². The van der Waals surface area contributed by atoms with E-state index in [-0.39, 0.29) is 11.7 Å². The molecule has 0 bridgehead atoms.